The summed E-state index contributed by atoms with van der Waals surface area (Å²) in [7, 11) is 0. The number of rotatable bonds is 5. The molecule has 78 valence electrons. The molecule has 0 fully saturated rings. The molecule has 1 rings (SSSR count). The van der Waals surface area contributed by atoms with E-state index in [1.54, 1.807) is 6.07 Å². The van der Waals surface area contributed by atoms with Gasteiger partial charge < -0.3 is 10.4 Å². The van der Waals surface area contributed by atoms with Gasteiger partial charge in [-0.2, -0.15) is 0 Å². The molecule has 0 radical (unpaired) electrons. The predicted octanol–water partition coefficient (Wildman–Crippen LogP) is 1.92. The SMILES string of the molecule is CC(C)CCNCc1ccc(O)cn1. The Morgan fingerprint density at radius 1 is 1.43 bits per heavy atom. The largest absolute Gasteiger partial charge is 0.506 e. The van der Waals surface area contributed by atoms with Crippen LogP contribution in [0.1, 0.15) is 26.0 Å². The Balaban J connectivity index is 2.21. The van der Waals surface area contributed by atoms with Crippen molar-refractivity contribution in [1.82, 2.24) is 10.3 Å². The number of pyridine rings is 1. The molecule has 2 N–H and O–H groups in total. The minimum atomic E-state index is 0.218. The van der Waals surface area contributed by atoms with Crippen LogP contribution in [-0.2, 0) is 6.54 Å². The van der Waals surface area contributed by atoms with E-state index in [0.717, 1.165) is 24.7 Å². The van der Waals surface area contributed by atoms with Gasteiger partial charge in [0.1, 0.15) is 5.75 Å². The predicted molar refractivity (Wildman–Crippen MR) is 57.1 cm³/mol. The minimum absolute atomic E-state index is 0.218. The Bertz CT molecular complexity index is 256. The van der Waals surface area contributed by atoms with Crippen molar-refractivity contribution < 1.29 is 5.11 Å². The lowest BCUT2D eigenvalue weighted by Crippen LogP contribution is -2.16. The molecule has 0 aliphatic heterocycles. The van der Waals surface area contributed by atoms with Crippen LogP contribution in [0.2, 0.25) is 0 Å². The maximum absolute atomic E-state index is 9.02. The highest BCUT2D eigenvalue weighted by Crippen LogP contribution is 2.05. The van der Waals surface area contributed by atoms with Gasteiger partial charge in [0.05, 0.1) is 11.9 Å². The third kappa shape index (κ3) is 4.23. The molecule has 0 aliphatic carbocycles. The monoisotopic (exact) mass is 194 g/mol. The van der Waals surface area contributed by atoms with Crippen LogP contribution < -0.4 is 5.32 Å². The molecule has 1 heterocycles. The summed E-state index contributed by atoms with van der Waals surface area (Å²) in [4.78, 5) is 4.08. The second kappa shape index (κ2) is 5.60. The summed E-state index contributed by atoms with van der Waals surface area (Å²) in [6, 6.07) is 3.49. The van der Waals surface area contributed by atoms with Gasteiger partial charge in [-0.05, 0) is 31.0 Å². The number of aromatic nitrogens is 1. The molecular formula is C11H18N2O. The van der Waals surface area contributed by atoms with E-state index in [4.69, 9.17) is 5.11 Å². The van der Waals surface area contributed by atoms with Crippen LogP contribution in [0.5, 0.6) is 5.75 Å². The van der Waals surface area contributed by atoms with Crippen molar-refractivity contribution in [2.75, 3.05) is 6.54 Å². The number of hydrogen-bond donors (Lipinski definition) is 2. The quantitative estimate of drug-likeness (QED) is 0.704. The molecule has 3 nitrogen and oxygen atoms in total. The van der Waals surface area contributed by atoms with Gasteiger partial charge in [-0.1, -0.05) is 13.8 Å². The molecule has 0 amide bonds. The highest BCUT2D eigenvalue weighted by Gasteiger charge is 1.96. The first kappa shape index (κ1) is 11.0. The first-order valence-corrected chi connectivity index (χ1v) is 5.03. The zero-order chi connectivity index (χ0) is 10.4. The van der Waals surface area contributed by atoms with Gasteiger partial charge >= 0.3 is 0 Å². The molecule has 0 bridgehead atoms. The number of aromatic hydroxyl groups is 1. The van der Waals surface area contributed by atoms with Crippen molar-refractivity contribution in [2.24, 2.45) is 5.92 Å². The highest BCUT2D eigenvalue weighted by atomic mass is 16.3. The average Bonchev–Trinajstić information content (AvgIpc) is 2.15. The van der Waals surface area contributed by atoms with Crippen LogP contribution in [0.15, 0.2) is 18.3 Å². The van der Waals surface area contributed by atoms with Crippen molar-refractivity contribution >= 4 is 0 Å². The summed E-state index contributed by atoms with van der Waals surface area (Å²) in [6.07, 6.45) is 2.65. The van der Waals surface area contributed by atoms with E-state index in [-0.39, 0.29) is 5.75 Å². The van der Waals surface area contributed by atoms with Crippen LogP contribution in [0.4, 0.5) is 0 Å². The molecular weight excluding hydrogens is 176 g/mol. The molecule has 0 saturated carbocycles. The third-order valence-corrected chi connectivity index (χ3v) is 2.01. The minimum Gasteiger partial charge on any atom is -0.506 e. The summed E-state index contributed by atoms with van der Waals surface area (Å²) in [6.45, 7) is 6.20. The molecule has 0 atom stereocenters. The van der Waals surface area contributed by atoms with E-state index in [2.05, 4.69) is 24.1 Å². The maximum atomic E-state index is 9.02. The normalized spacial score (nSPS) is 10.8. The van der Waals surface area contributed by atoms with E-state index in [0.29, 0.717) is 0 Å². The van der Waals surface area contributed by atoms with Gasteiger partial charge in [0.2, 0.25) is 0 Å². The van der Waals surface area contributed by atoms with E-state index >= 15 is 0 Å². The standard InChI is InChI=1S/C11H18N2O/c1-9(2)5-6-12-7-10-3-4-11(14)8-13-10/h3-4,8-9,12,14H,5-7H2,1-2H3. The van der Waals surface area contributed by atoms with E-state index in [1.807, 2.05) is 6.07 Å². The summed E-state index contributed by atoms with van der Waals surface area (Å²) in [5.41, 5.74) is 0.964. The molecule has 14 heavy (non-hydrogen) atoms. The van der Waals surface area contributed by atoms with Crippen LogP contribution in [0.3, 0.4) is 0 Å². The van der Waals surface area contributed by atoms with E-state index in [9.17, 15) is 0 Å². The molecule has 0 spiro atoms. The third-order valence-electron chi connectivity index (χ3n) is 2.01. The lowest BCUT2D eigenvalue weighted by Gasteiger charge is -2.06. The second-order valence-electron chi connectivity index (χ2n) is 3.87. The fraction of sp³-hybridized carbons (Fsp3) is 0.545. The second-order valence-corrected chi connectivity index (χ2v) is 3.87. The molecule has 1 aromatic heterocycles. The van der Waals surface area contributed by atoms with Gasteiger partial charge in [0, 0.05) is 6.54 Å². The zero-order valence-corrected chi connectivity index (χ0v) is 8.83. The van der Waals surface area contributed by atoms with Crippen LogP contribution in [-0.4, -0.2) is 16.6 Å². The van der Waals surface area contributed by atoms with Gasteiger partial charge in [0.25, 0.3) is 0 Å². The number of nitrogens with zero attached hydrogens (tertiary/aromatic N) is 1. The Morgan fingerprint density at radius 2 is 2.21 bits per heavy atom. The molecule has 0 aromatic carbocycles. The Labute approximate surface area is 85.2 Å². The Morgan fingerprint density at radius 3 is 2.79 bits per heavy atom. The Hall–Kier alpha value is -1.09. The molecule has 0 aliphatic rings. The van der Waals surface area contributed by atoms with Crippen LogP contribution in [0.25, 0.3) is 0 Å². The molecule has 3 heteroatoms. The number of nitrogens with one attached hydrogen (secondary N) is 1. The smallest absolute Gasteiger partial charge is 0.133 e. The topological polar surface area (TPSA) is 45.1 Å². The van der Waals surface area contributed by atoms with E-state index < -0.39 is 0 Å². The van der Waals surface area contributed by atoms with Crippen molar-refractivity contribution in [3.05, 3.63) is 24.0 Å². The average molecular weight is 194 g/mol. The van der Waals surface area contributed by atoms with Gasteiger partial charge in [-0.3, -0.25) is 4.98 Å². The summed E-state index contributed by atoms with van der Waals surface area (Å²) >= 11 is 0. The lowest BCUT2D eigenvalue weighted by molar-refractivity contribution is 0.471. The first-order valence-electron chi connectivity index (χ1n) is 5.03. The first-order chi connectivity index (χ1) is 6.68. The summed E-state index contributed by atoms with van der Waals surface area (Å²) in [5.74, 6) is 0.950. The summed E-state index contributed by atoms with van der Waals surface area (Å²) < 4.78 is 0. The van der Waals surface area contributed by atoms with E-state index in [1.165, 1.54) is 12.6 Å². The van der Waals surface area contributed by atoms with Crippen LogP contribution >= 0.6 is 0 Å². The fourth-order valence-corrected chi connectivity index (χ4v) is 1.13. The van der Waals surface area contributed by atoms with Crippen molar-refractivity contribution in [3.63, 3.8) is 0 Å². The fourth-order valence-electron chi connectivity index (χ4n) is 1.13. The highest BCUT2D eigenvalue weighted by molar-refractivity contribution is 5.17. The van der Waals surface area contributed by atoms with Crippen molar-refractivity contribution in [1.29, 1.82) is 0 Å². The molecule has 0 saturated heterocycles. The van der Waals surface area contributed by atoms with Crippen molar-refractivity contribution in [2.45, 2.75) is 26.8 Å². The molecule has 0 unspecified atom stereocenters. The maximum Gasteiger partial charge on any atom is 0.133 e. The van der Waals surface area contributed by atoms with Gasteiger partial charge in [-0.25, -0.2) is 0 Å². The lowest BCUT2D eigenvalue weighted by atomic mass is 10.1. The zero-order valence-electron chi connectivity index (χ0n) is 8.83. The number of hydrogen-bond acceptors (Lipinski definition) is 3. The van der Waals surface area contributed by atoms with Gasteiger partial charge in [-0.15, -0.1) is 0 Å². The summed E-state index contributed by atoms with van der Waals surface area (Å²) in [5, 5.41) is 12.3. The Kier molecular flexibility index (Phi) is 4.40. The molecule has 1 aromatic rings. The van der Waals surface area contributed by atoms with Gasteiger partial charge in [0.15, 0.2) is 0 Å². The van der Waals surface area contributed by atoms with Crippen molar-refractivity contribution in [3.8, 4) is 5.75 Å². The van der Waals surface area contributed by atoms with Crippen LogP contribution in [0, 0.1) is 5.92 Å².